The molecule has 0 aliphatic heterocycles. The van der Waals surface area contributed by atoms with Gasteiger partial charge in [0.1, 0.15) is 6.04 Å². The van der Waals surface area contributed by atoms with Crippen LogP contribution in [0.3, 0.4) is 0 Å². The Labute approximate surface area is 96.4 Å². The van der Waals surface area contributed by atoms with Gasteiger partial charge in [-0.15, -0.1) is 0 Å². The molecule has 0 radical (unpaired) electrons. The lowest BCUT2D eigenvalue weighted by atomic mass is 10.1. The summed E-state index contributed by atoms with van der Waals surface area (Å²) in [5, 5.41) is 9.04. The minimum atomic E-state index is -0.902. The van der Waals surface area contributed by atoms with Crippen LogP contribution in [-0.4, -0.2) is 47.2 Å². The lowest BCUT2D eigenvalue weighted by Crippen LogP contribution is -2.47. The molecule has 0 rings (SSSR count). The third-order valence-corrected chi connectivity index (χ3v) is 2.35. The first-order chi connectivity index (χ1) is 7.43. The van der Waals surface area contributed by atoms with Gasteiger partial charge in [-0.2, -0.15) is 0 Å². The topological polar surface area (TPSA) is 66.8 Å². The van der Waals surface area contributed by atoms with Gasteiger partial charge < -0.3 is 9.84 Å². The number of aliphatic carboxylic acids is 1. The minimum absolute atomic E-state index is 0.00884. The fourth-order valence-electron chi connectivity index (χ4n) is 1.56. The first-order valence-corrected chi connectivity index (χ1v) is 5.58. The second-order valence-electron chi connectivity index (χ2n) is 3.83. The molecule has 5 heteroatoms. The number of carbonyl (C=O) groups is 2. The number of carboxylic acids is 1. The number of carboxylic acid groups (broad SMARTS) is 1. The molecule has 1 unspecified atom stereocenters. The quantitative estimate of drug-likeness (QED) is 0.665. The van der Waals surface area contributed by atoms with Gasteiger partial charge in [-0.05, 0) is 27.2 Å². The van der Waals surface area contributed by atoms with E-state index in [4.69, 9.17) is 9.84 Å². The van der Waals surface area contributed by atoms with Crippen molar-refractivity contribution in [3.05, 3.63) is 0 Å². The van der Waals surface area contributed by atoms with Crippen LogP contribution in [0.5, 0.6) is 0 Å². The fraction of sp³-hybridized carbons (Fsp3) is 0.818. The molecule has 0 aliphatic rings. The van der Waals surface area contributed by atoms with Crippen LogP contribution in [-0.2, 0) is 14.3 Å². The average molecular weight is 231 g/mol. The van der Waals surface area contributed by atoms with Crippen molar-refractivity contribution in [2.75, 3.05) is 13.2 Å². The molecule has 0 heterocycles. The highest BCUT2D eigenvalue weighted by Crippen LogP contribution is 2.09. The fourth-order valence-corrected chi connectivity index (χ4v) is 1.56. The molecular formula is C11H21NO4. The minimum Gasteiger partial charge on any atom is -0.480 e. The Hall–Kier alpha value is -1.10. The van der Waals surface area contributed by atoms with Gasteiger partial charge in [-0.1, -0.05) is 6.92 Å². The van der Waals surface area contributed by atoms with Crippen LogP contribution in [0.15, 0.2) is 0 Å². The molecule has 0 aromatic rings. The molecule has 1 N–H and O–H groups in total. The van der Waals surface area contributed by atoms with Crippen molar-refractivity contribution >= 4 is 11.9 Å². The van der Waals surface area contributed by atoms with E-state index < -0.39 is 12.0 Å². The van der Waals surface area contributed by atoms with Gasteiger partial charge in [-0.3, -0.25) is 14.5 Å². The van der Waals surface area contributed by atoms with E-state index in [1.807, 2.05) is 13.8 Å². The van der Waals surface area contributed by atoms with E-state index in [0.717, 1.165) is 0 Å². The van der Waals surface area contributed by atoms with Crippen molar-refractivity contribution in [1.29, 1.82) is 0 Å². The molecule has 0 aromatic carbocycles. The Bertz CT molecular complexity index is 240. The van der Waals surface area contributed by atoms with Crippen molar-refractivity contribution in [2.24, 2.45) is 0 Å². The highest BCUT2D eigenvalue weighted by atomic mass is 16.5. The monoisotopic (exact) mass is 231 g/mol. The summed E-state index contributed by atoms with van der Waals surface area (Å²) >= 11 is 0. The summed E-state index contributed by atoms with van der Waals surface area (Å²) in [7, 11) is 0. The van der Waals surface area contributed by atoms with Crippen molar-refractivity contribution in [3.8, 4) is 0 Å². The molecule has 0 amide bonds. The maximum absolute atomic E-state index is 11.3. The highest BCUT2D eigenvalue weighted by Gasteiger charge is 2.27. The van der Waals surface area contributed by atoms with E-state index in [-0.39, 0.29) is 18.6 Å². The smallest absolute Gasteiger partial charge is 0.320 e. The van der Waals surface area contributed by atoms with Crippen LogP contribution in [0.25, 0.3) is 0 Å². The van der Waals surface area contributed by atoms with Crippen LogP contribution >= 0.6 is 0 Å². The standard InChI is InChI=1S/C11H21NO4/c1-5-9(11(14)15)12(8(3)4)7-10(13)16-6-2/h8-9H,5-7H2,1-4H3,(H,14,15). The molecule has 16 heavy (non-hydrogen) atoms. The Morgan fingerprint density at radius 3 is 2.19 bits per heavy atom. The van der Waals surface area contributed by atoms with E-state index in [2.05, 4.69) is 0 Å². The Kier molecular flexibility index (Phi) is 6.72. The van der Waals surface area contributed by atoms with Crippen molar-refractivity contribution in [2.45, 2.75) is 46.2 Å². The number of esters is 1. The maximum Gasteiger partial charge on any atom is 0.320 e. The molecule has 94 valence electrons. The molecule has 1 atom stereocenters. The molecule has 0 spiro atoms. The molecule has 0 fully saturated rings. The predicted octanol–water partition coefficient (Wildman–Crippen LogP) is 1.12. The number of rotatable bonds is 7. The van der Waals surface area contributed by atoms with Gasteiger partial charge in [0.2, 0.25) is 0 Å². The summed E-state index contributed by atoms with van der Waals surface area (Å²) in [6.07, 6.45) is 0.465. The van der Waals surface area contributed by atoms with Crippen LogP contribution in [0.4, 0.5) is 0 Å². The summed E-state index contributed by atoms with van der Waals surface area (Å²) in [6, 6.07) is -0.644. The highest BCUT2D eigenvalue weighted by molar-refractivity contribution is 5.76. The van der Waals surface area contributed by atoms with Crippen LogP contribution < -0.4 is 0 Å². The summed E-state index contributed by atoms with van der Waals surface area (Å²) in [6.45, 7) is 7.59. The third kappa shape index (κ3) is 4.61. The van der Waals surface area contributed by atoms with Crippen molar-refractivity contribution in [3.63, 3.8) is 0 Å². The lowest BCUT2D eigenvalue weighted by Gasteiger charge is -2.30. The van der Waals surface area contributed by atoms with Gasteiger partial charge in [0.25, 0.3) is 0 Å². The number of ether oxygens (including phenoxy) is 1. The normalized spacial score (nSPS) is 12.9. The largest absolute Gasteiger partial charge is 0.480 e. The van der Waals surface area contributed by atoms with Gasteiger partial charge in [0, 0.05) is 6.04 Å². The van der Waals surface area contributed by atoms with Gasteiger partial charge in [0.15, 0.2) is 0 Å². The molecule has 0 saturated heterocycles. The molecule has 5 nitrogen and oxygen atoms in total. The van der Waals surface area contributed by atoms with E-state index in [9.17, 15) is 9.59 Å². The molecular weight excluding hydrogens is 210 g/mol. The number of carbonyl (C=O) groups excluding carboxylic acids is 1. The summed E-state index contributed by atoms with van der Waals surface area (Å²) < 4.78 is 4.82. The van der Waals surface area contributed by atoms with Gasteiger partial charge in [-0.25, -0.2) is 0 Å². The van der Waals surface area contributed by atoms with E-state index in [0.29, 0.717) is 13.0 Å². The predicted molar refractivity (Wildman–Crippen MR) is 60.2 cm³/mol. The Balaban J connectivity index is 4.59. The second-order valence-corrected chi connectivity index (χ2v) is 3.83. The van der Waals surface area contributed by atoms with Crippen LogP contribution in [0.1, 0.15) is 34.1 Å². The summed E-state index contributed by atoms with van der Waals surface area (Å²) in [5.41, 5.74) is 0. The number of hydrogen-bond donors (Lipinski definition) is 1. The Morgan fingerprint density at radius 1 is 1.31 bits per heavy atom. The zero-order chi connectivity index (χ0) is 12.7. The Morgan fingerprint density at radius 2 is 1.88 bits per heavy atom. The van der Waals surface area contributed by atoms with Gasteiger partial charge in [0.05, 0.1) is 13.2 Å². The molecule has 0 aromatic heterocycles. The molecule has 0 aliphatic carbocycles. The van der Waals surface area contributed by atoms with Crippen molar-refractivity contribution < 1.29 is 19.4 Å². The van der Waals surface area contributed by atoms with Crippen LogP contribution in [0, 0.1) is 0 Å². The van der Waals surface area contributed by atoms with Gasteiger partial charge >= 0.3 is 11.9 Å². The maximum atomic E-state index is 11.3. The lowest BCUT2D eigenvalue weighted by molar-refractivity contribution is -0.150. The first-order valence-electron chi connectivity index (χ1n) is 5.58. The third-order valence-electron chi connectivity index (χ3n) is 2.35. The second kappa shape index (κ2) is 7.22. The van der Waals surface area contributed by atoms with E-state index >= 15 is 0 Å². The van der Waals surface area contributed by atoms with Crippen molar-refractivity contribution in [1.82, 2.24) is 4.90 Å². The van der Waals surface area contributed by atoms with Crippen LogP contribution in [0.2, 0.25) is 0 Å². The summed E-state index contributed by atoms with van der Waals surface area (Å²) in [5.74, 6) is -1.28. The summed E-state index contributed by atoms with van der Waals surface area (Å²) in [4.78, 5) is 24.0. The molecule has 0 bridgehead atoms. The zero-order valence-corrected chi connectivity index (χ0v) is 10.4. The zero-order valence-electron chi connectivity index (χ0n) is 10.4. The van der Waals surface area contributed by atoms with E-state index in [1.54, 1.807) is 18.7 Å². The number of nitrogens with zero attached hydrogens (tertiary/aromatic N) is 1. The molecule has 0 saturated carbocycles. The van der Waals surface area contributed by atoms with E-state index in [1.165, 1.54) is 0 Å². The SMILES string of the molecule is CCOC(=O)CN(C(C)C)C(CC)C(=O)O. The first kappa shape index (κ1) is 14.9. The number of hydrogen-bond acceptors (Lipinski definition) is 4. The average Bonchev–Trinajstić information content (AvgIpc) is 2.17.